The number of aliphatic imine (C=N–C) groups is 1. The highest BCUT2D eigenvalue weighted by Gasteiger charge is 2.28. The van der Waals surface area contributed by atoms with Crippen LogP contribution in [0.25, 0.3) is 0 Å². The number of rotatable bonds is 4. The second-order valence-electron chi connectivity index (χ2n) is 4.78. The van der Waals surface area contributed by atoms with Crippen molar-refractivity contribution in [3.63, 3.8) is 0 Å². The molecule has 100 valence electrons. The van der Waals surface area contributed by atoms with Crippen LogP contribution in [0.15, 0.2) is 35.3 Å². The van der Waals surface area contributed by atoms with Crippen molar-refractivity contribution in [3.8, 4) is 0 Å². The Labute approximate surface area is 114 Å². The first-order valence-corrected chi connectivity index (χ1v) is 6.70. The maximum atomic E-state index is 12.0. The number of carbonyl (C=O) groups is 1. The molecule has 0 bridgehead atoms. The van der Waals surface area contributed by atoms with Gasteiger partial charge in [-0.25, -0.2) is 0 Å². The summed E-state index contributed by atoms with van der Waals surface area (Å²) in [6.07, 6.45) is 6.67. The maximum absolute atomic E-state index is 12.0. The molecule has 3 nitrogen and oxygen atoms in total. The molecule has 0 saturated heterocycles. The van der Waals surface area contributed by atoms with E-state index in [0.717, 1.165) is 17.5 Å². The number of amides is 1. The van der Waals surface area contributed by atoms with Crippen LogP contribution in [0, 0.1) is 0 Å². The number of carbonyl (C=O) groups excluding carboxylic acids is 1. The highest BCUT2D eigenvalue weighted by molar-refractivity contribution is 5.98. The summed E-state index contributed by atoms with van der Waals surface area (Å²) >= 11 is 0. The molecule has 0 saturated carbocycles. The molecule has 0 aromatic heterocycles. The predicted molar refractivity (Wildman–Crippen MR) is 78.6 cm³/mol. The van der Waals surface area contributed by atoms with Gasteiger partial charge < -0.3 is 4.90 Å². The summed E-state index contributed by atoms with van der Waals surface area (Å²) < 4.78 is 0. The SMILES string of the molecule is C/C=C\C=NC(CC)c1cccc2c1CN(C)C2=O. The molecule has 1 unspecified atom stereocenters. The Bertz CT molecular complexity index is 532. The lowest BCUT2D eigenvalue weighted by molar-refractivity contribution is 0.0816. The summed E-state index contributed by atoms with van der Waals surface area (Å²) in [5.74, 6) is 0.115. The van der Waals surface area contributed by atoms with Gasteiger partial charge >= 0.3 is 0 Å². The first kappa shape index (κ1) is 13.5. The smallest absolute Gasteiger partial charge is 0.254 e. The van der Waals surface area contributed by atoms with Gasteiger partial charge in [0.25, 0.3) is 5.91 Å². The first-order chi connectivity index (χ1) is 9.19. The Hall–Kier alpha value is -1.90. The number of allylic oxidation sites excluding steroid dienone is 2. The quantitative estimate of drug-likeness (QED) is 0.760. The zero-order chi connectivity index (χ0) is 13.8. The van der Waals surface area contributed by atoms with E-state index in [1.807, 2.05) is 44.5 Å². The van der Waals surface area contributed by atoms with Crippen molar-refractivity contribution < 1.29 is 4.79 Å². The van der Waals surface area contributed by atoms with E-state index in [-0.39, 0.29) is 11.9 Å². The summed E-state index contributed by atoms with van der Waals surface area (Å²) in [5, 5.41) is 0. The van der Waals surface area contributed by atoms with E-state index in [2.05, 4.69) is 18.0 Å². The molecule has 3 heteroatoms. The van der Waals surface area contributed by atoms with Crippen molar-refractivity contribution in [1.29, 1.82) is 0 Å². The third kappa shape index (κ3) is 2.60. The molecule has 1 heterocycles. The van der Waals surface area contributed by atoms with Crippen molar-refractivity contribution in [1.82, 2.24) is 4.90 Å². The lowest BCUT2D eigenvalue weighted by Crippen LogP contribution is -2.17. The Balaban J connectivity index is 2.38. The molecule has 0 aliphatic carbocycles. The molecule has 1 amide bonds. The van der Waals surface area contributed by atoms with Gasteiger partial charge in [0.2, 0.25) is 0 Å². The van der Waals surface area contributed by atoms with Gasteiger partial charge in [0, 0.05) is 25.4 Å². The molecule has 1 aromatic rings. The van der Waals surface area contributed by atoms with Crippen molar-refractivity contribution in [2.24, 2.45) is 4.99 Å². The third-order valence-electron chi connectivity index (χ3n) is 3.47. The number of hydrogen-bond acceptors (Lipinski definition) is 2. The van der Waals surface area contributed by atoms with E-state index < -0.39 is 0 Å². The number of hydrogen-bond donors (Lipinski definition) is 0. The predicted octanol–water partition coefficient (Wildman–Crippen LogP) is 3.37. The number of fused-ring (bicyclic) bond motifs is 1. The van der Waals surface area contributed by atoms with Gasteiger partial charge in [0.1, 0.15) is 0 Å². The summed E-state index contributed by atoms with van der Waals surface area (Å²) in [6.45, 7) is 4.79. The highest BCUT2D eigenvalue weighted by Crippen LogP contribution is 2.31. The topological polar surface area (TPSA) is 32.7 Å². The summed E-state index contributed by atoms with van der Waals surface area (Å²) in [4.78, 5) is 18.3. The summed E-state index contributed by atoms with van der Waals surface area (Å²) in [6, 6.07) is 6.09. The molecule has 0 N–H and O–H groups in total. The average molecular weight is 256 g/mol. The second kappa shape index (κ2) is 5.83. The van der Waals surface area contributed by atoms with E-state index in [1.165, 1.54) is 5.56 Å². The molecule has 1 atom stereocenters. The van der Waals surface area contributed by atoms with Gasteiger partial charge in [-0.1, -0.05) is 25.1 Å². The van der Waals surface area contributed by atoms with Crippen LogP contribution in [0.4, 0.5) is 0 Å². The molecular weight excluding hydrogens is 236 g/mol. The van der Waals surface area contributed by atoms with Crippen LogP contribution >= 0.6 is 0 Å². The van der Waals surface area contributed by atoms with Crippen LogP contribution in [-0.2, 0) is 6.54 Å². The Morgan fingerprint density at radius 2 is 2.26 bits per heavy atom. The van der Waals surface area contributed by atoms with Gasteiger partial charge in [-0.2, -0.15) is 0 Å². The Morgan fingerprint density at radius 1 is 1.47 bits per heavy atom. The van der Waals surface area contributed by atoms with Crippen LogP contribution in [0.1, 0.15) is 47.8 Å². The lowest BCUT2D eigenvalue weighted by atomic mass is 9.96. The van der Waals surface area contributed by atoms with Crippen LogP contribution in [0.3, 0.4) is 0 Å². The minimum Gasteiger partial charge on any atom is -0.337 e. The lowest BCUT2D eigenvalue weighted by Gasteiger charge is -2.14. The molecule has 1 aliphatic heterocycles. The number of nitrogens with zero attached hydrogens (tertiary/aromatic N) is 2. The molecule has 0 fully saturated rings. The average Bonchev–Trinajstić information content (AvgIpc) is 2.71. The zero-order valence-corrected chi connectivity index (χ0v) is 11.8. The van der Waals surface area contributed by atoms with Crippen LogP contribution in [0.2, 0.25) is 0 Å². The van der Waals surface area contributed by atoms with E-state index in [9.17, 15) is 4.79 Å². The standard InChI is InChI=1S/C16H20N2O/c1-4-6-10-17-15(5-2)12-8-7-9-13-14(12)11-18(3)16(13)19/h4,6-10,15H,5,11H2,1-3H3/b6-4-,17-10?. The van der Waals surface area contributed by atoms with Crippen LogP contribution < -0.4 is 0 Å². The molecular formula is C16H20N2O. The molecule has 19 heavy (non-hydrogen) atoms. The first-order valence-electron chi connectivity index (χ1n) is 6.70. The van der Waals surface area contributed by atoms with Crippen molar-refractivity contribution in [2.45, 2.75) is 32.9 Å². The van der Waals surface area contributed by atoms with E-state index in [0.29, 0.717) is 6.54 Å². The van der Waals surface area contributed by atoms with Gasteiger partial charge in [-0.3, -0.25) is 9.79 Å². The maximum Gasteiger partial charge on any atom is 0.254 e. The molecule has 0 radical (unpaired) electrons. The Morgan fingerprint density at radius 3 is 2.95 bits per heavy atom. The third-order valence-corrected chi connectivity index (χ3v) is 3.47. The van der Waals surface area contributed by atoms with Crippen molar-refractivity contribution in [2.75, 3.05) is 7.05 Å². The largest absolute Gasteiger partial charge is 0.337 e. The van der Waals surface area contributed by atoms with Gasteiger partial charge in [0.05, 0.1) is 6.04 Å². The van der Waals surface area contributed by atoms with Gasteiger partial charge in [-0.05, 0) is 36.6 Å². The molecule has 1 aliphatic rings. The van der Waals surface area contributed by atoms with Crippen molar-refractivity contribution >= 4 is 12.1 Å². The normalized spacial score (nSPS) is 16.6. The van der Waals surface area contributed by atoms with Crippen LogP contribution in [0.5, 0.6) is 0 Å². The fourth-order valence-corrected chi connectivity index (χ4v) is 2.45. The minimum atomic E-state index is 0.115. The van der Waals surface area contributed by atoms with Crippen molar-refractivity contribution in [3.05, 3.63) is 47.0 Å². The zero-order valence-electron chi connectivity index (χ0n) is 11.8. The van der Waals surface area contributed by atoms with E-state index in [1.54, 1.807) is 4.90 Å². The summed E-state index contributed by atoms with van der Waals surface area (Å²) in [5.41, 5.74) is 3.15. The number of benzene rings is 1. The summed E-state index contributed by atoms with van der Waals surface area (Å²) in [7, 11) is 1.84. The highest BCUT2D eigenvalue weighted by atomic mass is 16.2. The minimum absolute atomic E-state index is 0.115. The second-order valence-corrected chi connectivity index (χ2v) is 4.78. The monoisotopic (exact) mass is 256 g/mol. The fraction of sp³-hybridized carbons (Fsp3) is 0.375. The molecule has 0 spiro atoms. The van der Waals surface area contributed by atoms with Gasteiger partial charge in [-0.15, -0.1) is 0 Å². The van der Waals surface area contributed by atoms with Crippen LogP contribution in [-0.4, -0.2) is 24.1 Å². The Kier molecular flexibility index (Phi) is 4.15. The fourth-order valence-electron chi connectivity index (χ4n) is 2.45. The van der Waals surface area contributed by atoms with E-state index in [4.69, 9.17) is 0 Å². The van der Waals surface area contributed by atoms with Gasteiger partial charge in [0.15, 0.2) is 0 Å². The molecule has 1 aromatic carbocycles. The van der Waals surface area contributed by atoms with E-state index >= 15 is 0 Å². The molecule has 2 rings (SSSR count).